The number of carbonyl (C=O) groups excluding carboxylic acids is 1. The first kappa shape index (κ1) is 12.2. The third-order valence-electron chi connectivity index (χ3n) is 2.87. The van der Waals surface area contributed by atoms with E-state index < -0.39 is 0 Å². The maximum atomic E-state index is 11.2. The lowest BCUT2D eigenvalue weighted by Gasteiger charge is -2.19. The van der Waals surface area contributed by atoms with E-state index in [4.69, 9.17) is 17.3 Å². The minimum Gasteiger partial charge on any atom is -0.398 e. The lowest BCUT2D eigenvalue weighted by molar-refractivity contribution is -0.120. The summed E-state index contributed by atoms with van der Waals surface area (Å²) >= 11 is 5.88. The summed E-state index contributed by atoms with van der Waals surface area (Å²) in [6.45, 7) is 3.17. The molecule has 2 rings (SSSR count). The Morgan fingerprint density at radius 1 is 1.41 bits per heavy atom. The van der Waals surface area contributed by atoms with E-state index in [-0.39, 0.29) is 5.91 Å². The Balaban J connectivity index is 1.99. The smallest absolute Gasteiger partial charge is 0.221 e. The van der Waals surface area contributed by atoms with E-state index in [1.54, 1.807) is 0 Å². The molecule has 0 aromatic heterocycles. The van der Waals surface area contributed by atoms with Gasteiger partial charge in [-0.15, -0.1) is 0 Å². The van der Waals surface area contributed by atoms with Gasteiger partial charge in [-0.25, -0.2) is 0 Å². The van der Waals surface area contributed by atoms with Crippen molar-refractivity contribution in [3.8, 4) is 0 Å². The second kappa shape index (κ2) is 5.38. The molecule has 1 saturated heterocycles. The summed E-state index contributed by atoms with van der Waals surface area (Å²) in [5.74, 6) is 0.128. The summed E-state index contributed by atoms with van der Waals surface area (Å²) in [7, 11) is 0. The van der Waals surface area contributed by atoms with Gasteiger partial charge < -0.3 is 11.1 Å². The highest BCUT2D eigenvalue weighted by atomic mass is 35.5. The van der Waals surface area contributed by atoms with Crippen LogP contribution in [0.3, 0.4) is 0 Å². The Labute approximate surface area is 106 Å². The molecule has 0 bridgehead atoms. The van der Waals surface area contributed by atoms with Crippen molar-refractivity contribution in [3.05, 3.63) is 28.8 Å². The number of carbonyl (C=O) groups is 1. The Kier molecular flexibility index (Phi) is 3.86. The van der Waals surface area contributed by atoms with Crippen molar-refractivity contribution >= 4 is 23.2 Å². The van der Waals surface area contributed by atoms with Crippen molar-refractivity contribution in [2.24, 2.45) is 0 Å². The molecule has 0 saturated carbocycles. The van der Waals surface area contributed by atoms with Crippen LogP contribution in [-0.2, 0) is 11.3 Å². The van der Waals surface area contributed by atoms with Gasteiger partial charge in [0, 0.05) is 32.6 Å². The second-order valence-corrected chi connectivity index (χ2v) is 4.64. The average Bonchev–Trinajstić information content (AvgIpc) is 2.49. The van der Waals surface area contributed by atoms with Gasteiger partial charge in [0.05, 0.1) is 10.7 Å². The molecule has 1 aromatic carbocycles. The van der Waals surface area contributed by atoms with Gasteiger partial charge in [0.1, 0.15) is 0 Å². The van der Waals surface area contributed by atoms with Crippen LogP contribution in [0.2, 0.25) is 5.02 Å². The highest BCUT2D eigenvalue weighted by Crippen LogP contribution is 2.20. The number of hydrogen-bond donors (Lipinski definition) is 2. The molecular formula is C12H16ClN3O. The van der Waals surface area contributed by atoms with Crippen molar-refractivity contribution in [2.75, 3.05) is 25.4 Å². The van der Waals surface area contributed by atoms with Gasteiger partial charge in [-0.3, -0.25) is 9.69 Å². The van der Waals surface area contributed by atoms with Gasteiger partial charge in [0.15, 0.2) is 0 Å². The van der Waals surface area contributed by atoms with E-state index in [1.165, 1.54) is 0 Å². The number of hydrogen-bond acceptors (Lipinski definition) is 3. The number of nitrogens with one attached hydrogen (secondary N) is 1. The quantitative estimate of drug-likeness (QED) is 0.780. The summed E-state index contributed by atoms with van der Waals surface area (Å²) in [4.78, 5) is 13.4. The first-order valence-electron chi connectivity index (χ1n) is 5.68. The van der Waals surface area contributed by atoms with E-state index in [0.717, 1.165) is 25.2 Å². The van der Waals surface area contributed by atoms with Crippen LogP contribution in [0, 0.1) is 0 Å². The molecule has 17 heavy (non-hydrogen) atoms. The number of amides is 1. The second-order valence-electron chi connectivity index (χ2n) is 4.23. The third-order valence-corrected chi connectivity index (χ3v) is 3.22. The minimum atomic E-state index is 0.128. The number of nitrogen functional groups attached to an aromatic ring is 1. The lowest BCUT2D eigenvalue weighted by atomic mass is 10.2. The Bertz CT molecular complexity index is 422. The fraction of sp³-hybridized carbons (Fsp3) is 0.417. The molecule has 92 valence electrons. The maximum Gasteiger partial charge on any atom is 0.221 e. The van der Waals surface area contributed by atoms with Crippen molar-refractivity contribution < 1.29 is 4.79 Å². The summed E-state index contributed by atoms with van der Waals surface area (Å²) in [6, 6.07) is 5.68. The van der Waals surface area contributed by atoms with Gasteiger partial charge in [-0.05, 0) is 17.7 Å². The van der Waals surface area contributed by atoms with Crippen LogP contribution in [0.25, 0.3) is 0 Å². The van der Waals surface area contributed by atoms with Crippen LogP contribution in [0.4, 0.5) is 5.69 Å². The predicted molar refractivity (Wildman–Crippen MR) is 68.8 cm³/mol. The van der Waals surface area contributed by atoms with Crippen molar-refractivity contribution in [2.45, 2.75) is 13.0 Å². The molecule has 4 nitrogen and oxygen atoms in total. The Morgan fingerprint density at radius 3 is 3.00 bits per heavy atom. The Hall–Kier alpha value is -1.26. The van der Waals surface area contributed by atoms with Crippen LogP contribution in [0.1, 0.15) is 12.0 Å². The largest absolute Gasteiger partial charge is 0.398 e. The van der Waals surface area contributed by atoms with Crippen LogP contribution < -0.4 is 11.1 Å². The molecule has 1 aliphatic heterocycles. The van der Waals surface area contributed by atoms with Crippen LogP contribution in [-0.4, -0.2) is 30.4 Å². The fourth-order valence-corrected chi connectivity index (χ4v) is 2.04. The van der Waals surface area contributed by atoms with E-state index in [2.05, 4.69) is 10.2 Å². The normalized spacial score (nSPS) is 17.6. The monoisotopic (exact) mass is 253 g/mol. The third kappa shape index (κ3) is 3.35. The Morgan fingerprint density at radius 2 is 2.24 bits per heavy atom. The maximum absolute atomic E-state index is 11.2. The number of nitrogens with two attached hydrogens (primary N) is 1. The molecule has 0 radical (unpaired) electrons. The summed E-state index contributed by atoms with van der Waals surface area (Å²) in [5.41, 5.74) is 7.49. The van der Waals surface area contributed by atoms with E-state index >= 15 is 0 Å². The molecule has 0 unspecified atom stereocenters. The molecule has 1 heterocycles. The number of nitrogens with zero attached hydrogens (tertiary/aromatic N) is 1. The van der Waals surface area contributed by atoms with Crippen LogP contribution >= 0.6 is 11.6 Å². The van der Waals surface area contributed by atoms with Crippen LogP contribution in [0.15, 0.2) is 18.2 Å². The SMILES string of the molecule is Nc1cc(CN2CCNC(=O)CC2)ccc1Cl. The molecule has 1 fully saturated rings. The van der Waals surface area contributed by atoms with Crippen molar-refractivity contribution in [3.63, 3.8) is 0 Å². The zero-order valence-electron chi connectivity index (χ0n) is 9.58. The predicted octanol–water partition coefficient (Wildman–Crippen LogP) is 1.24. The number of benzene rings is 1. The van der Waals surface area contributed by atoms with Gasteiger partial charge in [-0.1, -0.05) is 17.7 Å². The molecule has 1 amide bonds. The molecule has 1 aromatic rings. The van der Waals surface area contributed by atoms with Crippen molar-refractivity contribution in [1.29, 1.82) is 0 Å². The van der Waals surface area contributed by atoms with Gasteiger partial charge >= 0.3 is 0 Å². The molecule has 0 atom stereocenters. The van der Waals surface area contributed by atoms with E-state index in [1.807, 2.05) is 18.2 Å². The molecule has 3 N–H and O–H groups in total. The zero-order chi connectivity index (χ0) is 12.3. The molecular weight excluding hydrogens is 238 g/mol. The molecule has 0 spiro atoms. The first-order chi connectivity index (χ1) is 8.15. The zero-order valence-corrected chi connectivity index (χ0v) is 10.3. The first-order valence-corrected chi connectivity index (χ1v) is 6.06. The van der Waals surface area contributed by atoms with E-state index in [9.17, 15) is 4.79 Å². The lowest BCUT2D eigenvalue weighted by Crippen LogP contribution is -2.28. The van der Waals surface area contributed by atoms with Gasteiger partial charge in [0.25, 0.3) is 0 Å². The van der Waals surface area contributed by atoms with Crippen LogP contribution in [0.5, 0.6) is 0 Å². The summed E-state index contributed by atoms with van der Waals surface area (Å²) in [5, 5.41) is 3.44. The van der Waals surface area contributed by atoms with Crippen molar-refractivity contribution in [1.82, 2.24) is 10.2 Å². The standard InChI is InChI=1S/C12H16ClN3O/c13-10-2-1-9(7-11(10)14)8-16-5-3-12(17)15-4-6-16/h1-2,7H,3-6,8,14H2,(H,15,17). The average molecular weight is 254 g/mol. The highest BCUT2D eigenvalue weighted by Gasteiger charge is 2.13. The summed E-state index contributed by atoms with van der Waals surface area (Å²) < 4.78 is 0. The number of anilines is 1. The topological polar surface area (TPSA) is 58.4 Å². The van der Waals surface area contributed by atoms with E-state index in [0.29, 0.717) is 23.7 Å². The molecule has 1 aliphatic rings. The fourth-order valence-electron chi connectivity index (χ4n) is 1.92. The van der Waals surface area contributed by atoms with Gasteiger partial charge in [0.2, 0.25) is 5.91 Å². The number of halogens is 1. The molecule has 0 aliphatic carbocycles. The highest BCUT2D eigenvalue weighted by molar-refractivity contribution is 6.33. The summed E-state index contributed by atoms with van der Waals surface area (Å²) in [6.07, 6.45) is 0.559. The number of rotatable bonds is 2. The minimum absolute atomic E-state index is 0.128. The van der Waals surface area contributed by atoms with Gasteiger partial charge in [-0.2, -0.15) is 0 Å². The molecule has 5 heteroatoms.